The van der Waals surface area contributed by atoms with Crippen molar-refractivity contribution in [3.05, 3.63) is 52.3 Å². The molecule has 152 valence electrons. The molecular weight excluding hydrogens is 392 g/mol. The van der Waals surface area contributed by atoms with Gasteiger partial charge in [-0.25, -0.2) is 0 Å². The van der Waals surface area contributed by atoms with Gasteiger partial charge in [0.2, 0.25) is 0 Å². The van der Waals surface area contributed by atoms with Crippen LogP contribution in [0.15, 0.2) is 41.4 Å². The number of rotatable bonds is 6. The van der Waals surface area contributed by atoms with Crippen LogP contribution in [-0.2, 0) is 16.1 Å². The average Bonchev–Trinajstić information content (AvgIpc) is 3.03. The highest BCUT2D eigenvalue weighted by Crippen LogP contribution is 2.33. The van der Waals surface area contributed by atoms with Gasteiger partial charge in [-0.05, 0) is 25.5 Å². The maximum absolute atomic E-state index is 12.8. The first-order chi connectivity index (χ1) is 14.0. The molecule has 1 heterocycles. The number of hydrogen-bond acceptors (Lipinski definition) is 6. The molecule has 7 nitrogen and oxygen atoms in total. The van der Waals surface area contributed by atoms with E-state index >= 15 is 0 Å². The predicted molar refractivity (Wildman–Crippen MR) is 111 cm³/mol. The fourth-order valence-electron chi connectivity index (χ4n) is 2.93. The number of aromatic nitrogens is 1. The summed E-state index contributed by atoms with van der Waals surface area (Å²) in [6.07, 6.45) is 0. The standard InChI is InChI=1S/C21H22N2O5S/c1-5-28-19(24)12-23-15-10-16(26-3)17(27-4)11-18(15)29-21(23)22-20(25)14-9-7-6-8-13(14)2/h6-11H,5,12H2,1-4H3. The van der Waals surface area contributed by atoms with Crippen molar-refractivity contribution in [3.8, 4) is 11.5 Å². The number of amides is 1. The van der Waals surface area contributed by atoms with Crippen LogP contribution in [0.25, 0.3) is 10.2 Å². The molecule has 0 spiro atoms. The van der Waals surface area contributed by atoms with Gasteiger partial charge >= 0.3 is 5.97 Å². The van der Waals surface area contributed by atoms with Gasteiger partial charge in [-0.3, -0.25) is 9.59 Å². The molecule has 0 aliphatic heterocycles. The van der Waals surface area contributed by atoms with Crippen LogP contribution in [-0.4, -0.2) is 37.3 Å². The monoisotopic (exact) mass is 414 g/mol. The van der Waals surface area contributed by atoms with Crippen LogP contribution in [0.2, 0.25) is 0 Å². The van der Waals surface area contributed by atoms with Gasteiger partial charge in [0.25, 0.3) is 5.91 Å². The Balaban J connectivity index is 2.20. The Morgan fingerprint density at radius 3 is 2.45 bits per heavy atom. The number of nitrogens with zero attached hydrogens (tertiary/aromatic N) is 2. The van der Waals surface area contributed by atoms with Gasteiger partial charge in [0.1, 0.15) is 6.54 Å². The van der Waals surface area contributed by atoms with Gasteiger partial charge in [0, 0.05) is 17.7 Å². The van der Waals surface area contributed by atoms with E-state index in [2.05, 4.69) is 4.99 Å². The molecule has 8 heteroatoms. The number of carbonyl (C=O) groups is 2. The fourth-order valence-corrected chi connectivity index (χ4v) is 3.97. The molecule has 1 amide bonds. The Labute approximate surface area is 172 Å². The Morgan fingerprint density at radius 1 is 1.10 bits per heavy atom. The second kappa shape index (κ2) is 8.91. The zero-order valence-corrected chi connectivity index (χ0v) is 17.5. The average molecular weight is 414 g/mol. The molecule has 0 aliphatic rings. The van der Waals surface area contributed by atoms with E-state index in [4.69, 9.17) is 14.2 Å². The van der Waals surface area contributed by atoms with Crippen LogP contribution in [0.4, 0.5) is 0 Å². The number of fused-ring (bicyclic) bond motifs is 1. The van der Waals surface area contributed by atoms with Crippen molar-refractivity contribution in [2.24, 2.45) is 4.99 Å². The molecule has 2 aromatic carbocycles. The molecule has 0 atom stereocenters. The maximum atomic E-state index is 12.8. The van der Waals surface area contributed by atoms with E-state index in [9.17, 15) is 9.59 Å². The minimum atomic E-state index is -0.410. The lowest BCUT2D eigenvalue weighted by molar-refractivity contribution is -0.143. The van der Waals surface area contributed by atoms with Gasteiger partial charge in [0.05, 0.1) is 31.0 Å². The number of methoxy groups -OCH3 is 2. The van der Waals surface area contributed by atoms with Crippen LogP contribution in [0, 0.1) is 6.92 Å². The SMILES string of the molecule is CCOC(=O)Cn1c(=NC(=O)c2ccccc2C)sc2cc(OC)c(OC)cc21. The molecule has 0 N–H and O–H groups in total. The lowest BCUT2D eigenvalue weighted by Crippen LogP contribution is -2.23. The van der Waals surface area contributed by atoms with E-state index in [1.807, 2.05) is 19.1 Å². The van der Waals surface area contributed by atoms with E-state index in [0.29, 0.717) is 27.4 Å². The minimum absolute atomic E-state index is 0.0663. The number of thiazole rings is 1. The summed E-state index contributed by atoms with van der Waals surface area (Å²) in [5.74, 6) is 0.298. The van der Waals surface area contributed by atoms with Gasteiger partial charge in [-0.15, -0.1) is 0 Å². The Morgan fingerprint density at radius 2 is 1.79 bits per heavy atom. The first-order valence-electron chi connectivity index (χ1n) is 9.04. The Bertz CT molecular complexity index is 1130. The van der Waals surface area contributed by atoms with Crippen molar-refractivity contribution in [2.45, 2.75) is 20.4 Å². The van der Waals surface area contributed by atoms with E-state index in [1.54, 1.807) is 50.0 Å². The molecule has 3 aromatic rings. The highest BCUT2D eigenvalue weighted by Gasteiger charge is 2.16. The van der Waals surface area contributed by atoms with Crippen molar-refractivity contribution < 1.29 is 23.8 Å². The second-order valence-electron chi connectivity index (χ2n) is 6.18. The summed E-state index contributed by atoms with van der Waals surface area (Å²) in [6.45, 7) is 3.81. The summed E-state index contributed by atoms with van der Waals surface area (Å²) in [6, 6.07) is 10.8. The van der Waals surface area contributed by atoms with E-state index in [0.717, 1.165) is 10.3 Å². The molecule has 0 saturated carbocycles. The van der Waals surface area contributed by atoms with E-state index in [1.165, 1.54) is 11.3 Å². The van der Waals surface area contributed by atoms with Crippen molar-refractivity contribution in [2.75, 3.05) is 20.8 Å². The molecule has 1 aromatic heterocycles. The summed E-state index contributed by atoms with van der Waals surface area (Å²) in [7, 11) is 3.09. The summed E-state index contributed by atoms with van der Waals surface area (Å²) in [4.78, 5) is 29.7. The highest BCUT2D eigenvalue weighted by molar-refractivity contribution is 7.16. The first-order valence-corrected chi connectivity index (χ1v) is 9.85. The number of aryl methyl sites for hydroxylation is 1. The van der Waals surface area contributed by atoms with Gasteiger partial charge in [0.15, 0.2) is 16.3 Å². The minimum Gasteiger partial charge on any atom is -0.493 e. The normalized spacial score (nSPS) is 11.5. The third-order valence-electron chi connectivity index (χ3n) is 4.35. The quantitative estimate of drug-likeness (QED) is 0.578. The van der Waals surface area contributed by atoms with E-state index in [-0.39, 0.29) is 19.1 Å². The highest BCUT2D eigenvalue weighted by atomic mass is 32.1. The fraction of sp³-hybridized carbons (Fsp3) is 0.286. The van der Waals surface area contributed by atoms with Crippen molar-refractivity contribution in [3.63, 3.8) is 0 Å². The number of benzene rings is 2. The molecule has 0 aliphatic carbocycles. The topological polar surface area (TPSA) is 79.1 Å². The van der Waals surface area contributed by atoms with Crippen molar-refractivity contribution in [1.29, 1.82) is 0 Å². The zero-order valence-electron chi connectivity index (χ0n) is 16.7. The Kier molecular flexibility index (Phi) is 6.33. The van der Waals surface area contributed by atoms with Crippen LogP contribution in [0.3, 0.4) is 0 Å². The Hall–Kier alpha value is -3.13. The summed E-state index contributed by atoms with van der Waals surface area (Å²) < 4.78 is 18.3. The maximum Gasteiger partial charge on any atom is 0.326 e. The number of hydrogen-bond donors (Lipinski definition) is 0. The molecule has 0 radical (unpaired) electrons. The summed E-state index contributed by atoms with van der Waals surface area (Å²) >= 11 is 1.29. The summed E-state index contributed by atoms with van der Waals surface area (Å²) in [5.41, 5.74) is 2.06. The molecule has 0 saturated heterocycles. The number of carbonyl (C=O) groups excluding carboxylic acids is 2. The second-order valence-corrected chi connectivity index (χ2v) is 7.19. The van der Waals surface area contributed by atoms with E-state index < -0.39 is 5.97 Å². The molecule has 29 heavy (non-hydrogen) atoms. The van der Waals surface area contributed by atoms with Gasteiger partial charge in [-0.2, -0.15) is 4.99 Å². The smallest absolute Gasteiger partial charge is 0.326 e. The van der Waals surface area contributed by atoms with Crippen molar-refractivity contribution >= 4 is 33.4 Å². The lowest BCUT2D eigenvalue weighted by Gasteiger charge is -2.09. The van der Waals surface area contributed by atoms with Crippen LogP contribution >= 0.6 is 11.3 Å². The van der Waals surface area contributed by atoms with Gasteiger partial charge < -0.3 is 18.8 Å². The third-order valence-corrected chi connectivity index (χ3v) is 5.39. The lowest BCUT2D eigenvalue weighted by atomic mass is 10.1. The number of esters is 1. The predicted octanol–water partition coefficient (Wildman–Crippen LogP) is 3.33. The summed E-state index contributed by atoms with van der Waals surface area (Å²) in [5, 5.41) is 0. The molecular formula is C21H22N2O5S. The largest absolute Gasteiger partial charge is 0.493 e. The van der Waals surface area contributed by atoms with Crippen LogP contribution < -0.4 is 14.3 Å². The molecule has 0 bridgehead atoms. The number of ether oxygens (including phenoxy) is 3. The third kappa shape index (κ3) is 4.32. The first kappa shape index (κ1) is 20.6. The van der Waals surface area contributed by atoms with Crippen LogP contribution in [0.1, 0.15) is 22.8 Å². The molecule has 0 fully saturated rings. The molecule has 0 unspecified atom stereocenters. The van der Waals surface area contributed by atoms with Crippen molar-refractivity contribution in [1.82, 2.24) is 4.57 Å². The zero-order chi connectivity index (χ0) is 21.0. The van der Waals surface area contributed by atoms with Crippen LogP contribution in [0.5, 0.6) is 11.5 Å². The van der Waals surface area contributed by atoms with Gasteiger partial charge in [-0.1, -0.05) is 29.5 Å². The molecule has 3 rings (SSSR count).